The summed E-state index contributed by atoms with van der Waals surface area (Å²) >= 11 is 0. The Morgan fingerprint density at radius 3 is 1.51 bits per heavy atom. The molecule has 0 unspecified atom stereocenters. The van der Waals surface area contributed by atoms with Gasteiger partial charge in [0.05, 0.1) is 0 Å². The SMILES string of the molecule is CCCCc1ccc(CCC)c(CCC)c1-c1ccc(-c2ccccc2)cc1.O=[P+]([O-])[O-].O=[P+]([O-])[O-].[Bi]. The molecule has 0 fully saturated rings. The number of benzene rings is 3. The molecular formula is C28H34BiO6P2-2. The zero-order chi connectivity index (χ0) is 26.9. The molecule has 0 saturated heterocycles. The maximum Gasteiger partial charge on any atom is 0.276 e. The Bertz CT molecular complexity index is 1060. The van der Waals surface area contributed by atoms with Crippen LogP contribution in [0.1, 0.15) is 63.1 Å². The van der Waals surface area contributed by atoms with Crippen LogP contribution in [-0.4, -0.2) is 26.2 Å². The van der Waals surface area contributed by atoms with Gasteiger partial charge in [-0.3, -0.25) is 0 Å². The van der Waals surface area contributed by atoms with Crippen molar-refractivity contribution in [2.45, 2.75) is 65.7 Å². The summed E-state index contributed by atoms with van der Waals surface area (Å²) in [5, 5.41) is 0. The Morgan fingerprint density at radius 2 is 1.03 bits per heavy atom. The maximum absolute atomic E-state index is 8.48. The van der Waals surface area contributed by atoms with Crippen molar-refractivity contribution in [3.63, 3.8) is 0 Å². The molecule has 0 N–H and O–H groups in total. The fourth-order valence-electron chi connectivity index (χ4n) is 4.17. The third-order valence-electron chi connectivity index (χ3n) is 5.60. The third-order valence-corrected chi connectivity index (χ3v) is 5.60. The first-order valence-corrected chi connectivity index (χ1v) is 14.4. The summed E-state index contributed by atoms with van der Waals surface area (Å²) in [7, 11) is -6.74. The number of hydrogen-bond donors (Lipinski definition) is 0. The quantitative estimate of drug-likeness (QED) is 0.233. The van der Waals surface area contributed by atoms with Crippen LogP contribution in [0.3, 0.4) is 0 Å². The van der Waals surface area contributed by atoms with Gasteiger partial charge in [-0.1, -0.05) is 116 Å². The van der Waals surface area contributed by atoms with E-state index in [0.29, 0.717) is 0 Å². The zero-order valence-corrected chi connectivity index (χ0v) is 26.9. The molecule has 3 rings (SSSR count). The van der Waals surface area contributed by atoms with Crippen molar-refractivity contribution in [2.75, 3.05) is 0 Å². The van der Waals surface area contributed by atoms with Crippen molar-refractivity contribution in [3.05, 3.63) is 83.4 Å². The standard InChI is InChI=1S/C28H34.Bi.2HO3P/c1-4-7-13-25-21-18-24(11-5-2)27(12-6-3)28(25)26-19-16-23(17-20-26)22-14-9-8-10-15-22;;2*1-4(2)3/h8-10,14-21H,4-7,11-13H2,1-3H3;;2*(H,1,2,3)/p-2. The molecule has 0 heterocycles. The normalized spacial score (nSPS) is 9.70. The molecule has 0 bridgehead atoms. The van der Waals surface area contributed by atoms with Crippen LogP contribution in [0.15, 0.2) is 66.7 Å². The van der Waals surface area contributed by atoms with E-state index in [4.69, 9.17) is 28.7 Å². The molecule has 0 spiro atoms. The van der Waals surface area contributed by atoms with Crippen molar-refractivity contribution in [2.24, 2.45) is 0 Å². The van der Waals surface area contributed by atoms with E-state index in [1.165, 1.54) is 72.8 Å². The van der Waals surface area contributed by atoms with Crippen LogP contribution in [0.2, 0.25) is 0 Å². The summed E-state index contributed by atoms with van der Waals surface area (Å²) in [6.45, 7) is 6.87. The van der Waals surface area contributed by atoms with Gasteiger partial charge in [-0.2, -0.15) is 0 Å². The van der Waals surface area contributed by atoms with Gasteiger partial charge in [0.2, 0.25) is 0 Å². The van der Waals surface area contributed by atoms with Crippen LogP contribution in [0.4, 0.5) is 0 Å². The molecule has 0 aromatic heterocycles. The molecule has 0 amide bonds. The minimum absolute atomic E-state index is 0. The largest absolute Gasteiger partial charge is 0.598 e. The van der Waals surface area contributed by atoms with Crippen LogP contribution in [0.25, 0.3) is 22.3 Å². The summed E-state index contributed by atoms with van der Waals surface area (Å²) in [5.74, 6) is 0. The molecule has 3 aromatic carbocycles. The van der Waals surface area contributed by atoms with Crippen molar-refractivity contribution in [1.29, 1.82) is 0 Å². The molecule has 37 heavy (non-hydrogen) atoms. The first-order chi connectivity index (χ1) is 17.2. The van der Waals surface area contributed by atoms with Crippen LogP contribution in [-0.2, 0) is 28.4 Å². The van der Waals surface area contributed by atoms with Gasteiger partial charge in [0.1, 0.15) is 0 Å². The number of hydrogen-bond acceptors (Lipinski definition) is 6. The molecule has 9 heteroatoms. The van der Waals surface area contributed by atoms with Crippen LogP contribution in [0.5, 0.6) is 0 Å². The van der Waals surface area contributed by atoms with Gasteiger partial charge in [-0.05, 0) is 64.6 Å². The number of rotatable bonds is 9. The molecule has 6 nitrogen and oxygen atoms in total. The predicted octanol–water partition coefficient (Wildman–Crippen LogP) is 4.62. The van der Waals surface area contributed by atoms with Crippen molar-refractivity contribution >= 4 is 42.7 Å². The predicted molar refractivity (Wildman–Crippen MR) is 145 cm³/mol. The van der Waals surface area contributed by atoms with E-state index in [-0.39, 0.29) is 26.2 Å². The Balaban J connectivity index is 0.00000127. The van der Waals surface area contributed by atoms with Gasteiger partial charge < -0.3 is 19.6 Å². The molecule has 199 valence electrons. The molecule has 0 aliphatic carbocycles. The van der Waals surface area contributed by atoms with Crippen LogP contribution >= 0.6 is 16.5 Å². The van der Waals surface area contributed by atoms with Gasteiger partial charge in [0, 0.05) is 26.2 Å². The molecule has 0 atom stereocenters. The second-order valence-corrected chi connectivity index (χ2v) is 9.13. The van der Waals surface area contributed by atoms with E-state index in [9.17, 15) is 0 Å². The fourth-order valence-corrected chi connectivity index (χ4v) is 4.17. The van der Waals surface area contributed by atoms with E-state index < -0.39 is 16.5 Å². The van der Waals surface area contributed by atoms with E-state index >= 15 is 0 Å². The Kier molecular flexibility index (Phi) is 19.7. The van der Waals surface area contributed by atoms with E-state index in [0.717, 1.165) is 0 Å². The molecule has 3 radical (unpaired) electrons. The minimum Gasteiger partial charge on any atom is -0.598 e. The van der Waals surface area contributed by atoms with E-state index in [1.807, 2.05) is 0 Å². The Labute approximate surface area is 241 Å². The maximum atomic E-state index is 8.48. The van der Waals surface area contributed by atoms with Crippen LogP contribution < -0.4 is 19.6 Å². The van der Waals surface area contributed by atoms with E-state index in [2.05, 4.69) is 87.5 Å². The summed E-state index contributed by atoms with van der Waals surface area (Å²) in [6, 6.07) is 24.7. The summed E-state index contributed by atoms with van der Waals surface area (Å²) in [5.41, 5.74) is 10.1. The van der Waals surface area contributed by atoms with Crippen LogP contribution in [0, 0.1) is 0 Å². The van der Waals surface area contributed by atoms with Gasteiger partial charge in [0.15, 0.2) is 0 Å². The number of unbranched alkanes of at least 4 members (excludes halogenated alkanes) is 1. The molecular weight excluding hydrogens is 703 g/mol. The summed E-state index contributed by atoms with van der Waals surface area (Å²) in [6.07, 6.45) is 8.43. The Morgan fingerprint density at radius 1 is 0.568 bits per heavy atom. The molecule has 0 aliphatic rings. The smallest absolute Gasteiger partial charge is 0.276 e. The number of aryl methyl sites for hydroxylation is 2. The second kappa shape index (κ2) is 20.5. The first-order valence-electron chi connectivity index (χ1n) is 12.2. The monoisotopic (exact) mass is 737 g/mol. The third kappa shape index (κ3) is 13.8. The fraction of sp³-hybridized carbons (Fsp3) is 0.357. The van der Waals surface area contributed by atoms with Crippen molar-refractivity contribution in [1.82, 2.24) is 0 Å². The van der Waals surface area contributed by atoms with Gasteiger partial charge in [-0.15, -0.1) is 0 Å². The Hall–Kier alpha value is -1.42. The molecule has 0 saturated carbocycles. The summed E-state index contributed by atoms with van der Waals surface area (Å²) in [4.78, 5) is 33.9. The van der Waals surface area contributed by atoms with Crippen molar-refractivity contribution in [3.8, 4) is 22.3 Å². The van der Waals surface area contributed by atoms with Gasteiger partial charge in [-0.25, -0.2) is 0 Å². The molecule has 0 aliphatic heterocycles. The van der Waals surface area contributed by atoms with Crippen molar-refractivity contribution < 1.29 is 28.7 Å². The summed E-state index contributed by atoms with van der Waals surface area (Å²) < 4.78 is 17.0. The zero-order valence-electron chi connectivity index (χ0n) is 21.6. The first kappa shape index (κ1) is 35.6. The average Bonchev–Trinajstić information content (AvgIpc) is 2.84. The minimum atomic E-state index is -3.37. The van der Waals surface area contributed by atoms with Gasteiger partial charge >= 0.3 is 0 Å². The van der Waals surface area contributed by atoms with E-state index in [1.54, 1.807) is 11.1 Å². The molecule has 3 aromatic rings. The van der Waals surface area contributed by atoms with Gasteiger partial charge in [0.25, 0.3) is 16.5 Å². The topological polar surface area (TPSA) is 126 Å². The second-order valence-electron chi connectivity index (χ2n) is 8.23. The average molecular weight is 738 g/mol.